The zero-order valence-electron chi connectivity index (χ0n) is 18.5. The highest BCUT2D eigenvalue weighted by atomic mass is 19.1. The summed E-state index contributed by atoms with van der Waals surface area (Å²) in [5.74, 6) is 0.946. The van der Waals surface area contributed by atoms with E-state index in [0.717, 1.165) is 5.39 Å². The first-order valence-corrected chi connectivity index (χ1v) is 11.5. The number of hydrogen-bond donors (Lipinski definition) is 1. The fourth-order valence-electron chi connectivity index (χ4n) is 5.09. The molecule has 34 heavy (non-hydrogen) atoms. The average Bonchev–Trinajstić information content (AvgIpc) is 3.42. The van der Waals surface area contributed by atoms with E-state index in [2.05, 4.69) is 5.32 Å². The number of fused-ring (bicyclic) bond motifs is 1. The predicted molar refractivity (Wildman–Crippen MR) is 123 cm³/mol. The Balaban J connectivity index is 1.06. The molecule has 0 unspecified atom stereocenters. The molecule has 1 fully saturated rings. The molecule has 0 bridgehead atoms. The second-order valence-electron chi connectivity index (χ2n) is 8.82. The minimum Gasteiger partial charge on any atom is -0.486 e. The molecule has 4 heterocycles. The third-order valence-corrected chi connectivity index (χ3v) is 6.70. The third kappa shape index (κ3) is 3.56. The molecule has 176 valence electrons. The van der Waals surface area contributed by atoms with Crippen molar-refractivity contribution in [3.8, 4) is 11.5 Å². The lowest BCUT2D eigenvalue weighted by Crippen LogP contribution is -2.32. The summed E-state index contributed by atoms with van der Waals surface area (Å²) < 4.78 is 33.0. The molecular weight excluding hydrogens is 441 g/mol. The topological polar surface area (TPSA) is 82.0 Å². The first-order valence-electron chi connectivity index (χ1n) is 11.5. The molecule has 0 radical (unpaired) electrons. The van der Waals surface area contributed by atoms with Crippen LogP contribution in [0.3, 0.4) is 0 Å². The van der Waals surface area contributed by atoms with Gasteiger partial charge in [0, 0.05) is 36.7 Å². The molecule has 9 heteroatoms. The summed E-state index contributed by atoms with van der Waals surface area (Å²) in [4.78, 5) is 26.3. The molecule has 0 saturated carbocycles. The molecule has 2 aromatic carbocycles. The second-order valence-corrected chi connectivity index (χ2v) is 8.82. The SMILES string of the molecule is O=C1O[C@H](CNCC[C@H]2Cn3c(=O)ccc4ccc(F)c2c43)CN1c1ccc2c(c1)OCCO2. The number of rotatable bonds is 6. The molecule has 1 N–H and O–H groups in total. The van der Waals surface area contributed by atoms with Crippen molar-refractivity contribution in [1.82, 2.24) is 9.88 Å². The van der Waals surface area contributed by atoms with E-state index >= 15 is 0 Å². The van der Waals surface area contributed by atoms with Crippen molar-refractivity contribution in [3.63, 3.8) is 0 Å². The van der Waals surface area contributed by atoms with Crippen molar-refractivity contribution in [2.45, 2.75) is 25.0 Å². The largest absolute Gasteiger partial charge is 0.486 e. The van der Waals surface area contributed by atoms with Gasteiger partial charge in [-0.05, 0) is 48.7 Å². The molecule has 1 aromatic heterocycles. The number of carbonyl (C=O) groups is 1. The number of carbonyl (C=O) groups excluding carboxylic acids is 1. The van der Waals surface area contributed by atoms with Crippen LogP contribution in [0.4, 0.5) is 14.9 Å². The van der Waals surface area contributed by atoms with Gasteiger partial charge in [-0.25, -0.2) is 9.18 Å². The lowest BCUT2D eigenvalue weighted by atomic mass is 9.96. The maximum atomic E-state index is 14.6. The second kappa shape index (κ2) is 8.32. The van der Waals surface area contributed by atoms with E-state index in [-0.39, 0.29) is 23.4 Å². The number of benzene rings is 2. The molecule has 3 aromatic rings. The average molecular weight is 465 g/mol. The molecular formula is C25H24FN3O5. The van der Waals surface area contributed by atoms with E-state index < -0.39 is 6.09 Å². The van der Waals surface area contributed by atoms with Gasteiger partial charge in [-0.3, -0.25) is 9.69 Å². The van der Waals surface area contributed by atoms with Gasteiger partial charge in [0.15, 0.2) is 11.5 Å². The number of anilines is 1. The van der Waals surface area contributed by atoms with Gasteiger partial charge in [0.1, 0.15) is 25.1 Å². The number of hydrogen-bond acceptors (Lipinski definition) is 6. The Hall–Kier alpha value is -3.59. The fourth-order valence-corrected chi connectivity index (χ4v) is 5.09. The van der Waals surface area contributed by atoms with E-state index in [4.69, 9.17) is 14.2 Å². The minimum atomic E-state index is -0.400. The van der Waals surface area contributed by atoms with Crippen LogP contribution in [-0.4, -0.2) is 49.6 Å². The quantitative estimate of drug-likeness (QED) is 0.564. The van der Waals surface area contributed by atoms with Crippen molar-refractivity contribution < 1.29 is 23.4 Å². The Morgan fingerprint density at radius 3 is 2.71 bits per heavy atom. The van der Waals surface area contributed by atoms with Gasteiger partial charge >= 0.3 is 6.09 Å². The Bertz CT molecular complexity index is 1340. The van der Waals surface area contributed by atoms with Crippen LogP contribution in [0.2, 0.25) is 0 Å². The molecule has 1 amide bonds. The molecule has 0 aliphatic carbocycles. The van der Waals surface area contributed by atoms with Crippen molar-refractivity contribution in [3.05, 3.63) is 64.2 Å². The molecule has 3 aliphatic rings. The van der Waals surface area contributed by atoms with Crippen LogP contribution in [0.1, 0.15) is 17.9 Å². The number of ether oxygens (including phenoxy) is 3. The first-order chi connectivity index (χ1) is 16.6. The van der Waals surface area contributed by atoms with Crippen molar-refractivity contribution in [2.24, 2.45) is 0 Å². The number of halogens is 1. The van der Waals surface area contributed by atoms with Crippen LogP contribution in [0.25, 0.3) is 10.9 Å². The van der Waals surface area contributed by atoms with E-state index in [0.29, 0.717) is 74.1 Å². The normalized spacial score (nSPS) is 20.7. The lowest BCUT2D eigenvalue weighted by molar-refractivity contribution is 0.140. The molecule has 6 rings (SSSR count). The highest BCUT2D eigenvalue weighted by Gasteiger charge is 2.33. The van der Waals surface area contributed by atoms with E-state index in [1.54, 1.807) is 33.7 Å². The van der Waals surface area contributed by atoms with Crippen molar-refractivity contribution in [2.75, 3.05) is 37.7 Å². The monoisotopic (exact) mass is 465 g/mol. The van der Waals surface area contributed by atoms with Crippen LogP contribution in [0.15, 0.2) is 47.3 Å². The maximum absolute atomic E-state index is 14.6. The first kappa shape index (κ1) is 21.0. The zero-order valence-corrected chi connectivity index (χ0v) is 18.5. The van der Waals surface area contributed by atoms with Gasteiger partial charge in [0.2, 0.25) is 0 Å². The van der Waals surface area contributed by atoms with Gasteiger partial charge in [-0.2, -0.15) is 0 Å². The third-order valence-electron chi connectivity index (χ3n) is 6.70. The van der Waals surface area contributed by atoms with Crippen molar-refractivity contribution >= 4 is 22.7 Å². The summed E-state index contributed by atoms with van der Waals surface area (Å²) in [5.41, 5.74) is 1.92. The van der Waals surface area contributed by atoms with Crippen LogP contribution in [-0.2, 0) is 11.3 Å². The summed E-state index contributed by atoms with van der Waals surface area (Å²) in [6.45, 7) is 2.98. The van der Waals surface area contributed by atoms with Gasteiger partial charge in [0.25, 0.3) is 5.56 Å². The predicted octanol–water partition coefficient (Wildman–Crippen LogP) is 3.01. The van der Waals surface area contributed by atoms with Crippen molar-refractivity contribution in [1.29, 1.82) is 0 Å². The van der Waals surface area contributed by atoms with Crippen LogP contribution in [0.5, 0.6) is 11.5 Å². The molecule has 8 nitrogen and oxygen atoms in total. The highest BCUT2D eigenvalue weighted by molar-refractivity contribution is 5.90. The van der Waals surface area contributed by atoms with Crippen LogP contribution in [0, 0.1) is 5.82 Å². The smallest absolute Gasteiger partial charge is 0.414 e. The summed E-state index contributed by atoms with van der Waals surface area (Å²) in [5, 5.41) is 4.21. The summed E-state index contributed by atoms with van der Waals surface area (Å²) in [7, 11) is 0. The van der Waals surface area contributed by atoms with Gasteiger partial charge < -0.3 is 24.1 Å². The fraction of sp³-hybridized carbons (Fsp3) is 0.360. The molecule has 2 atom stereocenters. The van der Waals surface area contributed by atoms with Crippen LogP contribution >= 0.6 is 0 Å². The highest BCUT2D eigenvalue weighted by Crippen LogP contribution is 2.37. The zero-order chi connectivity index (χ0) is 23.2. The lowest BCUT2D eigenvalue weighted by Gasteiger charge is -2.21. The van der Waals surface area contributed by atoms with Gasteiger partial charge in [-0.1, -0.05) is 0 Å². The summed E-state index contributed by atoms with van der Waals surface area (Å²) >= 11 is 0. The minimum absolute atomic E-state index is 0.0772. The van der Waals surface area contributed by atoms with E-state index in [9.17, 15) is 14.0 Å². The molecule has 0 spiro atoms. The van der Waals surface area contributed by atoms with Crippen LogP contribution < -0.4 is 25.2 Å². The van der Waals surface area contributed by atoms with E-state index in [1.807, 2.05) is 6.07 Å². The Morgan fingerprint density at radius 2 is 1.82 bits per heavy atom. The molecule has 1 saturated heterocycles. The Labute approximate surface area is 194 Å². The standard InChI is InChI=1S/C25H24FN3O5/c26-19-4-1-15-2-6-22(30)29-13-16(23(19)24(15)29)7-8-27-12-18-14-28(25(31)34-18)17-3-5-20-21(11-17)33-10-9-32-20/h1-6,11,16,18,27H,7-10,12-14H2/t16-,18+/m0/s1. The summed E-state index contributed by atoms with van der Waals surface area (Å²) in [6, 6.07) is 11.9. The Morgan fingerprint density at radius 1 is 1.00 bits per heavy atom. The number of cyclic esters (lactones) is 1. The summed E-state index contributed by atoms with van der Waals surface area (Å²) in [6.07, 6.45) is -0.0314. The van der Waals surface area contributed by atoms with E-state index in [1.165, 1.54) is 12.1 Å². The number of aromatic nitrogens is 1. The number of nitrogens with zero attached hydrogens (tertiary/aromatic N) is 2. The molecule has 3 aliphatic heterocycles. The number of amides is 1. The van der Waals surface area contributed by atoms with Gasteiger partial charge in [0.05, 0.1) is 17.7 Å². The maximum Gasteiger partial charge on any atom is 0.414 e. The number of nitrogens with one attached hydrogen (secondary N) is 1. The number of pyridine rings is 1. The Kier molecular flexibility index (Phi) is 5.13. The van der Waals surface area contributed by atoms with Gasteiger partial charge in [-0.15, -0.1) is 0 Å².